The second kappa shape index (κ2) is 7.23. The summed E-state index contributed by atoms with van der Waals surface area (Å²) in [5.41, 5.74) is 6.79. The van der Waals surface area contributed by atoms with E-state index in [0.29, 0.717) is 11.3 Å². The highest BCUT2D eigenvalue weighted by molar-refractivity contribution is 5.98. The molecule has 0 unspecified atom stereocenters. The maximum Gasteiger partial charge on any atom is 0.258 e. The standard InChI is InChI=1S/C18H19N3O4/c1-24-13-7-3-11(4-8-13)15-16(18(23)21-20-15)19-17(22)12-5-9-14(25-2)10-6-12/h3-10,15-16,20H,1-2H3,(H,19,22)(H,21,23)/t15-,16+/m0/s1. The predicted octanol–water partition coefficient (Wildman–Crippen LogP) is 1.18. The molecule has 1 aliphatic rings. The fourth-order valence-corrected chi connectivity index (χ4v) is 2.66. The third-order valence-electron chi connectivity index (χ3n) is 4.08. The number of ether oxygens (including phenoxy) is 2. The van der Waals surface area contributed by atoms with Crippen molar-refractivity contribution in [3.63, 3.8) is 0 Å². The van der Waals surface area contributed by atoms with Gasteiger partial charge in [0.05, 0.1) is 20.3 Å². The molecular formula is C18H19N3O4. The number of carbonyl (C=O) groups excluding carboxylic acids is 2. The summed E-state index contributed by atoms with van der Waals surface area (Å²) in [5, 5.41) is 2.77. The van der Waals surface area contributed by atoms with Gasteiger partial charge in [0, 0.05) is 5.56 Å². The smallest absolute Gasteiger partial charge is 0.258 e. The number of hydrogen-bond donors (Lipinski definition) is 3. The van der Waals surface area contributed by atoms with Gasteiger partial charge < -0.3 is 14.8 Å². The van der Waals surface area contributed by atoms with Crippen LogP contribution in [-0.4, -0.2) is 32.1 Å². The molecule has 3 N–H and O–H groups in total. The van der Waals surface area contributed by atoms with Crippen LogP contribution < -0.4 is 25.6 Å². The zero-order valence-electron chi connectivity index (χ0n) is 13.9. The first-order chi connectivity index (χ1) is 12.1. The number of amides is 2. The number of nitrogens with one attached hydrogen (secondary N) is 3. The van der Waals surface area contributed by atoms with Crippen LogP contribution in [0.25, 0.3) is 0 Å². The summed E-state index contributed by atoms with van der Waals surface area (Å²) in [7, 11) is 3.15. The SMILES string of the molecule is COc1ccc(C(=O)N[C@H]2C(=O)NN[C@H]2c2ccc(OC)cc2)cc1. The van der Waals surface area contributed by atoms with Gasteiger partial charge in [-0.2, -0.15) is 0 Å². The average Bonchev–Trinajstić information content (AvgIpc) is 3.02. The largest absolute Gasteiger partial charge is 0.497 e. The molecule has 0 saturated carbocycles. The van der Waals surface area contributed by atoms with Gasteiger partial charge in [-0.05, 0) is 42.0 Å². The minimum absolute atomic E-state index is 0.289. The van der Waals surface area contributed by atoms with Crippen molar-refractivity contribution < 1.29 is 19.1 Å². The Morgan fingerprint density at radius 1 is 0.960 bits per heavy atom. The summed E-state index contributed by atoms with van der Waals surface area (Å²) in [6, 6.07) is 12.9. The second-order valence-corrected chi connectivity index (χ2v) is 5.56. The molecule has 7 heteroatoms. The Morgan fingerprint density at radius 2 is 1.52 bits per heavy atom. The Bertz CT molecular complexity index is 759. The Hall–Kier alpha value is -3.06. The number of carbonyl (C=O) groups is 2. The van der Waals surface area contributed by atoms with Crippen LogP contribution in [0, 0.1) is 0 Å². The van der Waals surface area contributed by atoms with Crippen molar-refractivity contribution in [2.75, 3.05) is 14.2 Å². The van der Waals surface area contributed by atoms with Gasteiger partial charge in [-0.3, -0.25) is 15.0 Å². The fourth-order valence-electron chi connectivity index (χ4n) is 2.66. The van der Waals surface area contributed by atoms with E-state index in [2.05, 4.69) is 16.2 Å². The van der Waals surface area contributed by atoms with Crippen molar-refractivity contribution in [1.29, 1.82) is 0 Å². The topological polar surface area (TPSA) is 88.7 Å². The Labute approximate surface area is 145 Å². The molecule has 2 atom stereocenters. The predicted molar refractivity (Wildman–Crippen MR) is 91.3 cm³/mol. The molecule has 3 rings (SSSR count). The normalized spacial score (nSPS) is 19.2. The van der Waals surface area contributed by atoms with Crippen molar-refractivity contribution in [2.24, 2.45) is 0 Å². The first kappa shape index (κ1) is 16.8. The van der Waals surface area contributed by atoms with Crippen LogP contribution in [0.2, 0.25) is 0 Å². The van der Waals surface area contributed by atoms with E-state index >= 15 is 0 Å². The van der Waals surface area contributed by atoms with Crippen molar-refractivity contribution in [2.45, 2.75) is 12.1 Å². The van der Waals surface area contributed by atoms with Crippen LogP contribution >= 0.6 is 0 Å². The van der Waals surface area contributed by atoms with E-state index in [4.69, 9.17) is 9.47 Å². The molecule has 1 saturated heterocycles. The highest BCUT2D eigenvalue weighted by Crippen LogP contribution is 2.23. The lowest BCUT2D eigenvalue weighted by Crippen LogP contribution is -2.42. The van der Waals surface area contributed by atoms with E-state index in [0.717, 1.165) is 11.3 Å². The van der Waals surface area contributed by atoms with Crippen molar-refractivity contribution in [1.82, 2.24) is 16.2 Å². The summed E-state index contributed by atoms with van der Waals surface area (Å²) in [5.74, 6) is 0.764. The number of rotatable bonds is 5. The number of benzene rings is 2. The van der Waals surface area contributed by atoms with Gasteiger partial charge in [0.1, 0.15) is 17.5 Å². The first-order valence-corrected chi connectivity index (χ1v) is 7.76. The average molecular weight is 341 g/mol. The Balaban J connectivity index is 1.75. The van der Waals surface area contributed by atoms with E-state index < -0.39 is 6.04 Å². The summed E-state index contributed by atoms with van der Waals surface area (Å²) < 4.78 is 10.2. The van der Waals surface area contributed by atoms with Gasteiger partial charge >= 0.3 is 0 Å². The molecule has 0 aromatic heterocycles. The van der Waals surface area contributed by atoms with Crippen LogP contribution in [0.1, 0.15) is 22.0 Å². The molecule has 0 aliphatic carbocycles. The summed E-state index contributed by atoms with van der Waals surface area (Å²) in [6.07, 6.45) is 0. The van der Waals surface area contributed by atoms with E-state index in [-0.39, 0.29) is 17.9 Å². The zero-order chi connectivity index (χ0) is 17.8. The maximum atomic E-state index is 12.4. The molecule has 1 fully saturated rings. The fraction of sp³-hybridized carbons (Fsp3) is 0.222. The van der Waals surface area contributed by atoms with E-state index in [9.17, 15) is 9.59 Å². The summed E-state index contributed by atoms with van der Waals surface area (Å²) in [6.45, 7) is 0. The summed E-state index contributed by atoms with van der Waals surface area (Å²) >= 11 is 0. The molecule has 0 radical (unpaired) electrons. The molecule has 130 valence electrons. The summed E-state index contributed by atoms with van der Waals surface area (Å²) in [4.78, 5) is 24.6. The lowest BCUT2D eigenvalue weighted by molar-refractivity contribution is -0.121. The van der Waals surface area contributed by atoms with Crippen LogP contribution in [0.3, 0.4) is 0 Å². The van der Waals surface area contributed by atoms with Gasteiger partial charge in [-0.15, -0.1) is 0 Å². The molecule has 0 spiro atoms. The van der Waals surface area contributed by atoms with Crippen molar-refractivity contribution >= 4 is 11.8 Å². The molecule has 1 aliphatic heterocycles. The maximum absolute atomic E-state index is 12.4. The highest BCUT2D eigenvalue weighted by atomic mass is 16.5. The van der Waals surface area contributed by atoms with Crippen LogP contribution in [0.4, 0.5) is 0 Å². The molecule has 7 nitrogen and oxygen atoms in total. The number of hydrazine groups is 1. The molecule has 2 aromatic rings. The molecule has 2 aromatic carbocycles. The molecule has 25 heavy (non-hydrogen) atoms. The number of hydrogen-bond acceptors (Lipinski definition) is 5. The van der Waals surface area contributed by atoms with Crippen LogP contribution in [0.5, 0.6) is 11.5 Å². The van der Waals surface area contributed by atoms with Gasteiger partial charge in [-0.1, -0.05) is 12.1 Å². The van der Waals surface area contributed by atoms with Gasteiger partial charge in [0.15, 0.2) is 0 Å². The third kappa shape index (κ3) is 3.56. The van der Waals surface area contributed by atoms with E-state index in [1.54, 1.807) is 38.5 Å². The van der Waals surface area contributed by atoms with Gasteiger partial charge in [-0.25, -0.2) is 5.43 Å². The monoisotopic (exact) mass is 341 g/mol. The second-order valence-electron chi connectivity index (χ2n) is 5.56. The molecule has 0 bridgehead atoms. The number of methoxy groups -OCH3 is 2. The minimum atomic E-state index is -0.719. The molecular weight excluding hydrogens is 322 g/mol. The Morgan fingerprint density at radius 3 is 2.08 bits per heavy atom. The van der Waals surface area contributed by atoms with Gasteiger partial charge in [0.25, 0.3) is 11.8 Å². The Kier molecular flexibility index (Phi) is 4.85. The van der Waals surface area contributed by atoms with E-state index in [1.165, 1.54) is 0 Å². The zero-order valence-corrected chi connectivity index (χ0v) is 13.9. The first-order valence-electron chi connectivity index (χ1n) is 7.76. The van der Waals surface area contributed by atoms with Crippen LogP contribution in [-0.2, 0) is 4.79 Å². The molecule has 2 amide bonds. The highest BCUT2D eigenvalue weighted by Gasteiger charge is 2.36. The van der Waals surface area contributed by atoms with Crippen LogP contribution in [0.15, 0.2) is 48.5 Å². The van der Waals surface area contributed by atoms with Crippen molar-refractivity contribution in [3.8, 4) is 11.5 Å². The van der Waals surface area contributed by atoms with Gasteiger partial charge in [0.2, 0.25) is 0 Å². The van der Waals surface area contributed by atoms with Crippen molar-refractivity contribution in [3.05, 3.63) is 59.7 Å². The quantitative estimate of drug-likeness (QED) is 0.760. The minimum Gasteiger partial charge on any atom is -0.497 e. The lowest BCUT2D eigenvalue weighted by Gasteiger charge is -2.18. The van der Waals surface area contributed by atoms with E-state index in [1.807, 2.05) is 24.3 Å². The lowest BCUT2D eigenvalue weighted by atomic mass is 10.00. The molecule has 1 heterocycles. The third-order valence-corrected chi connectivity index (χ3v) is 4.08.